The summed E-state index contributed by atoms with van der Waals surface area (Å²) in [5.41, 5.74) is 1.24. The molecule has 0 aliphatic carbocycles. The van der Waals surface area contributed by atoms with Crippen molar-refractivity contribution in [2.75, 3.05) is 26.7 Å². The van der Waals surface area contributed by atoms with Crippen LogP contribution in [0.5, 0.6) is 0 Å². The summed E-state index contributed by atoms with van der Waals surface area (Å²) < 4.78 is 1.09. The van der Waals surface area contributed by atoms with Gasteiger partial charge in [0.2, 0.25) is 5.91 Å². The van der Waals surface area contributed by atoms with Crippen molar-refractivity contribution < 1.29 is 4.79 Å². The van der Waals surface area contributed by atoms with Crippen LogP contribution in [0.1, 0.15) is 38.7 Å². The van der Waals surface area contributed by atoms with Crippen molar-refractivity contribution >= 4 is 34.2 Å². The Hall–Kier alpha value is -0.580. The molecule has 1 aliphatic rings. The second-order valence-corrected chi connectivity index (χ2v) is 8.40. The molecule has 5 heteroatoms. The molecule has 25 heavy (non-hydrogen) atoms. The van der Waals surface area contributed by atoms with E-state index >= 15 is 0 Å². The Balaban J connectivity index is 0.00000312. The van der Waals surface area contributed by atoms with E-state index < -0.39 is 0 Å². The summed E-state index contributed by atoms with van der Waals surface area (Å²) in [6.07, 6.45) is 4.05. The van der Waals surface area contributed by atoms with Crippen molar-refractivity contribution in [1.82, 2.24) is 10.2 Å². The van der Waals surface area contributed by atoms with E-state index in [0.717, 1.165) is 49.8 Å². The largest absolute Gasteiger partial charge is 0.342 e. The number of nitrogens with one attached hydrogen (secondary N) is 1. The molecule has 1 N–H and O–H groups in total. The van der Waals surface area contributed by atoms with Crippen LogP contribution in [0.25, 0.3) is 0 Å². The third-order valence-corrected chi connectivity index (χ3v) is 5.39. The van der Waals surface area contributed by atoms with Crippen molar-refractivity contribution in [3.63, 3.8) is 0 Å². The smallest absolute Gasteiger partial charge is 0.226 e. The number of piperidine rings is 1. The Morgan fingerprint density at radius 3 is 2.56 bits per heavy atom. The van der Waals surface area contributed by atoms with Gasteiger partial charge in [-0.1, -0.05) is 41.9 Å². The zero-order valence-corrected chi connectivity index (χ0v) is 18.0. The molecular formula is C20H32BrClN2O. The van der Waals surface area contributed by atoms with Crippen LogP contribution in [0.4, 0.5) is 0 Å². The summed E-state index contributed by atoms with van der Waals surface area (Å²) in [6.45, 7) is 7.31. The fourth-order valence-electron chi connectivity index (χ4n) is 3.69. The summed E-state index contributed by atoms with van der Waals surface area (Å²) in [4.78, 5) is 15.2. The molecule has 0 saturated carbocycles. The van der Waals surface area contributed by atoms with E-state index in [1.54, 1.807) is 0 Å². The van der Waals surface area contributed by atoms with Crippen LogP contribution >= 0.6 is 28.3 Å². The molecular weight excluding hydrogens is 400 g/mol. The maximum Gasteiger partial charge on any atom is 0.226 e. The van der Waals surface area contributed by atoms with E-state index in [1.165, 1.54) is 5.56 Å². The number of carbonyl (C=O) groups is 1. The summed E-state index contributed by atoms with van der Waals surface area (Å²) in [5.74, 6) is 1.70. The molecule has 0 radical (unpaired) electrons. The van der Waals surface area contributed by atoms with Crippen LogP contribution in [0.15, 0.2) is 28.7 Å². The Bertz CT molecular complexity index is 530. The molecule has 142 valence electrons. The van der Waals surface area contributed by atoms with Crippen molar-refractivity contribution in [3.8, 4) is 0 Å². The van der Waals surface area contributed by atoms with Crippen LogP contribution in [0.3, 0.4) is 0 Å². The third-order valence-electron chi connectivity index (χ3n) is 4.90. The Kier molecular flexibility index (Phi) is 10.1. The molecule has 1 atom stereocenters. The average molecular weight is 432 g/mol. The lowest BCUT2D eigenvalue weighted by atomic mass is 9.88. The normalized spacial score (nSPS) is 16.6. The van der Waals surface area contributed by atoms with Gasteiger partial charge in [0.15, 0.2) is 0 Å². The molecule has 1 unspecified atom stereocenters. The molecule has 1 aromatic rings. The van der Waals surface area contributed by atoms with Gasteiger partial charge in [0.25, 0.3) is 0 Å². The SMILES string of the molecule is CNCC1CCN(C(=O)C(Cc2cccc(Br)c2)CC(C)C)CC1.Cl. The van der Waals surface area contributed by atoms with Gasteiger partial charge in [-0.3, -0.25) is 4.79 Å². The van der Waals surface area contributed by atoms with E-state index in [2.05, 4.69) is 58.2 Å². The highest BCUT2D eigenvalue weighted by Gasteiger charge is 2.28. The Labute approximate surface area is 167 Å². The highest BCUT2D eigenvalue weighted by molar-refractivity contribution is 9.10. The molecule has 1 aliphatic heterocycles. The van der Waals surface area contributed by atoms with Crippen molar-refractivity contribution in [3.05, 3.63) is 34.3 Å². The number of nitrogens with zero attached hydrogens (tertiary/aromatic N) is 1. The van der Waals surface area contributed by atoms with Gasteiger partial charge in [0.1, 0.15) is 0 Å². The topological polar surface area (TPSA) is 32.3 Å². The number of benzene rings is 1. The van der Waals surface area contributed by atoms with E-state index in [9.17, 15) is 4.79 Å². The molecule has 3 nitrogen and oxygen atoms in total. The Morgan fingerprint density at radius 1 is 1.32 bits per heavy atom. The maximum absolute atomic E-state index is 13.1. The van der Waals surface area contributed by atoms with Gasteiger partial charge in [-0.25, -0.2) is 0 Å². The number of carbonyl (C=O) groups excluding carboxylic acids is 1. The summed E-state index contributed by atoms with van der Waals surface area (Å²) in [7, 11) is 2.01. The van der Waals surface area contributed by atoms with Crippen molar-refractivity contribution in [2.24, 2.45) is 17.8 Å². The van der Waals surface area contributed by atoms with E-state index in [1.807, 2.05) is 13.1 Å². The Morgan fingerprint density at radius 2 is 2.00 bits per heavy atom. The molecule has 2 rings (SSSR count). The molecule has 0 spiro atoms. The maximum atomic E-state index is 13.1. The first-order valence-electron chi connectivity index (χ1n) is 9.17. The quantitative estimate of drug-likeness (QED) is 0.687. The highest BCUT2D eigenvalue weighted by Crippen LogP contribution is 2.24. The molecule has 1 fully saturated rings. The number of likely N-dealkylation sites (tertiary alicyclic amines) is 1. The minimum absolute atomic E-state index is 0. The fourth-order valence-corrected chi connectivity index (χ4v) is 4.14. The van der Waals surface area contributed by atoms with Gasteiger partial charge in [0.05, 0.1) is 0 Å². The summed E-state index contributed by atoms with van der Waals surface area (Å²) in [6, 6.07) is 8.36. The van der Waals surface area contributed by atoms with Gasteiger partial charge in [-0.15, -0.1) is 12.4 Å². The summed E-state index contributed by atoms with van der Waals surface area (Å²) in [5, 5.41) is 3.26. The lowest BCUT2D eigenvalue weighted by molar-refractivity contribution is -0.137. The number of halogens is 2. The number of hydrogen-bond acceptors (Lipinski definition) is 2. The van der Waals surface area contributed by atoms with Gasteiger partial charge in [-0.2, -0.15) is 0 Å². The molecule has 1 aromatic carbocycles. The van der Waals surface area contributed by atoms with Crippen molar-refractivity contribution in [2.45, 2.75) is 39.5 Å². The highest BCUT2D eigenvalue weighted by atomic mass is 79.9. The monoisotopic (exact) mass is 430 g/mol. The first-order chi connectivity index (χ1) is 11.5. The van der Waals surface area contributed by atoms with Gasteiger partial charge in [0, 0.05) is 23.5 Å². The van der Waals surface area contributed by atoms with Crippen LogP contribution in [-0.4, -0.2) is 37.5 Å². The average Bonchev–Trinajstić information content (AvgIpc) is 2.54. The van der Waals surface area contributed by atoms with E-state index in [-0.39, 0.29) is 18.3 Å². The first kappa shape index (κ1) is 22.5. The zero-order valence-electron chi connectivity index (χ0n) is 15.6. The minimum atomic E-state index is 0. The van der Waals surface area contributed by atoms with Crippen LogP contribution < -0.4 is 5.32 Å². The lowest BCUT2D eigenvalue weighted by Gasteiger charge is -2.34. The molecule has 0 bridgehead atoms. The third kappa shape index (κ3) is 7.28. The predicted molar refractivity (Wildman–Crippen MR) is 111 cm³/mol. The fraction of sp³-hybridized carbons (Fsp3) is 0.650. The second kappa shape index (κ2) is 11.2. The van der Waals surface area contributed by atoms with Crippen LogP contribution in [0.2, 0.25) is 0 Å². The van der Waals surface area contributed by atoms with Crippen molar-refractivity contribution in [1.29, 1.82) is 0 Å². The lowest BCUT2D eigenvalue weighted by Crippen LogP contribution is -2.44. The molecule has 1 heterocycles. The standard InChI is InChI=1S/C20H31BrN2O.ClH/c1-15(2)11-18(12-17-5-4-6-19(21)13-17)20(24)23-9-7-16(8-10-23)14-22-3;/h4-6,13,15-16,18,22H,7-12,14H2,1-3H3;1H. The van der Waals surface area contributed by atoms with Gasteiger partial charge < -0.3 is 10.2 Å². The van der Waals surface area contributed by atoms with Gasteiger partial charge in [-0.05, 0) is 68.8 Å². The zero-order chi connectivity index (χ0) is 17.5. The predicted octanol–water partition coefficient (Wildman–Crippen LogP) is 4.53. The summed E-state index contributed by atoms with van der Waals surface area (Å²) >= 11 is 3.54. The van der Waals surface area contributed by atoms with E-state index in [4.69, 9.17) is 0 Å². The second-order valence-electron chi connectivity index (χ2n) is 7.49. The number of hydrogen-bond donors (Lipinski definition) is 1. The minimum Gasteiger partial charge on any atom is -0.342 e. The molecule has 0 aromatic heterocycles. The number of rotatable bonds is 7. The molecule has 1 saturated heterocycles. The van der Waals surface area contributed by atoms with Crippen LogP contribution in [0, 0.1) is 17.8 Å². The first-order valence-corrected chi connectivity index (χ1v) is 9.96. The van der Waals surface area contributed by atoms with E-state index in [0.29, 0.717) is 17.7 Å². The molecule has 1 amide bonds. The number of amides is 1. The van der Waals surface area contributed by atoms with Crippen LogP contribution in [-0.2, 0) is 11.2 Å². The van der Waals surface area contributed by atoms with Gasteiger partial charge >= 0.3 is 0 Å².